The number of carbonyl (C=O) groups excluding carboxylic acids is 2. The van der Waals surface area contributed by atoms with Crippen LogP contribution in [0.1, 0.15) is 60.5 Å². The maximum atomic E-state index is 12.0. The first-order chi connectivity index (χ1) is 11.1. The first-order valence-corrected chi connectivity index (χ1v) is 8.46. The molecule has 1 aliphatic rings. The highest BCUT2D eigenvalue weighted by Gasteiger charge is 2.28. The van der Waals surface area contributed by atoms with Crippen LogP contribution in [0.5, 0.6) is 0 Å². The molecule has 1 aliphatic carbocycles. The third-order valence-corrected chi connectivity index (χ3v) is 5.23. The van der Waals surface area contributed by atoms with Crippen molar-refractivity contribution in [1.29, 1.82) is 0 Å². The number of carbonyl (C=O) groups is 2. The van der Waals surface area contributed by atoms with Gasteiger partial charge >= 0.3 is 0 Å². The summed E-state index contributed by atoms with van der Waals surface area (Å²) in [5, 5.41) is 0.969. The Kier molecular flexibility index (Phi) is 4.51. The van der Waals surface area contributed by atoms with E-state index < -0.39 is 5.91 Å². The van der Waals surface area contributed by atoms with Crippen molar-refractivity contribution in [3.05, 3.63) is 35.5 Å². The Labute approximate surface area is 136 Å². The van der Waals surface area contributed by atoms with Crippen LogP contribution in [0.15, 0.2) is 24.3 Å². The van der Waals surface area contributed by atoms with Gasteiger partial charge in [-0.2, -0.15) is 0 Å². The van der Waals surface area contributed by atoms with Gasteiger partial charge in [-0.3, -0.25) is 4.79 Å². The van der Waals surface area contributed by atoms with E-state index >= 15 is 0 Å². The van der Waals surface area contributed by atoms with Gasteiger partial charge in [0.2, 0.25) is 0 Å². The zero-order chi connectivity index (χ0) is 16.4. The molecule has 1 amide bonds. The average Bonchev–Trinajstić information content (AvgIpc) is 2.87. The van der Waals surface area contributed by atoms with Crippen LogP contribution in [0.4, 0.5) is 0 Å². The Morgan fingerprint density at radius 2 is 2.00 bits per heavy atom. The maximum absolute atomic E-state index is 12.0. The van der Waals surface area contributed by atoms with Gasteiger partial charge in [-0.05, 0) is 18.4 Å². The van der Waals surface area contributed by atoms with Gasteiger partial charge < -0.3 is 15.1 Å². The minimum Gasteiger partial charge on any atom is -0.364 e. The Bertz CT molecular complexity index is 726. The van der Waals surface area contributed by atoms with E-state index in [0.29, 0.717) is 11.6 Å². The monoisotopic (exact) mass is 312 g/mol. The smallest absolute Gasteiger partial charge is 0.265 e. The van der Waals surface area contributed by atoms with E-state index in [-0.39, 0.29) is 5.92 Å². The quantitative estimate of drug-likeness (QED) is 0.858. The van der Waals surface area contributed by atoms with Crippen molar-refractivity contribution in [2.45, 2.75) is 44.4 Å². The first-order valence-electron chi connectivity index (χ1n) is 8.46. The van der Waals surface area contributed by atoms with Crippen LogP contribution in [0.3, 0.4) is 0 Å². The van der Waals surface area contributed by atoms with Crippen LogP contribution in [0.25, 0.3) is 10.9 Å². The molecule has 3 rings (SSSR count). The highest BCUT2D eigenvalue weighted by atomic mass is 16.1. The lowest BCUT2D eigenvalue weighted by molar-refractivity contribution is -0.109. The number of nitrogens with zero attached hydrogens (tertiary/aromatic N) is 1. The number of fused-ring (bicyclic) bond motifs is 1. The zero-order valence-electron chi connectivity index (χ0n) is 13.6. The van der Waals surface area contributed by atoms with Crippen LogP contribution in [-0.2, 0) is 11.8 Å². The number of hydrogen-bond acceptors (Lipinski definition) is 2. The standard InChI is InChI=1S/C19H24N2O2/c1-21-16-10-6-5-9-15(16)17(18(21)19(20)23)14(12-22)11-13-7-3-2-4-8-13/h5-6,9-10,12-14H,2-4,7-8,11H2,1H3,(H2,20,23). The number of amides is 1. The fraction of sp³-hybridized carbons (Fsp3) is 0.474. The summed E-state index contributed by atoms with van der Waals surface area (Å²) in [6, 6.07) is 7.83. The molecule has 4 heteroatoms. The van der Waals surface area contributed by atoms with Crippen molar-refractivity contribution in [3.63, 3.8) is 0 Å². The molecule has 1 aromatic carbocycles. The number of nitrogens with two attached hydrogens (primary N) is 1. The lowest BCUT2D eigenvalue weighted by Crippen LogP contribution is -2.20. The summed E-state index contributed by atoms with van der Waals surface area (Å²) >= 11 is 0. The van der Waals surface area contributed by atoms with E-state index in [2.05, 4.69) is 0 Å². The van der Waals surface area contributed by atoms with E-state index in [1.54, 1.807) is 0 Å². The molecule has 2 aromatic rings. The van der Waals surface area contributed by atoms with Crippen LogP contribution < -0.4 is 5.73 Å². The molecule has 0 spiro atoms. The Morgan fingerprint density at radius 1 is 1.30 bits per heavy atom. The summed E-state index contributed by atoms with van der Waals surface area (Å²) in [6.45, 7) is 0. The molecule has 0 aliphatic heterocycles. The molecule has 23 heavy (non-hydrogen) atoms. The Balaban J connectivity index is 2.06. The summed E-state index contributed by atoms with van der Waals surface area (Å²) < 4.78 is 1.82. The van der Waals surface area contributed by atoms with Gasteiger partial charge in [0.25, 0.3) is 5.91 Å². The minimum atomic E-state index is -0.464. The fourth-order valence-electron chi connectivity index (χ4n) is 4.12. The minimum absolute atomic E-state index is 0.258. The van der Waals surface area contributed by atoms with Gasteiger partial charge in [0.15, 0.2) is 0 Å². The molecule has 0 bridgehead atoms. The number of aromatic nitrogens is 1. The van der Waals surface area contributed by atoms with Gasteiger partial charge in [0.1, 0.15) is 12.0 Å². The van der Waals surface area contributed by atoms with Crippen LogP contribution >= 0.6 is 0 Å². The van der Waals surface area contributed by atoms with E-state index in [1.165, 1.54) is 32.1 Å². The Hall–Kier alpha value is -2.10. The summed E-state index contributed by atoms with van der Waals surface area (Å²) in [7, 11) is 1.84. The number of benzene rings is 1. The van der Waals surface area contributed by atoms with Crippen molar-refractivity contribution < 1.29 is 9.59 Å². The number of hydrogen-bond donors (Lipinski definition) is 1. The number of aldehydes is 1. The van der Waals surface area contributed by atoms with Crippen molar-refractivity contribution in [2.75, 3.05) is 0 Å². The normalized spacial score (nSPS) is 17.3. The number of aryl methyl sites for hydroxylation is 1. The molecule has 1 saturated carbocycles. The maximum Gasteiger partial charge on any atom is 0.265 e. The second kappa shape index (κ2) is 6.57. The predicted molar refractivity (Wildman–Crippen MR) is 91.4 cm³/mol. The van der Waals surface area contributed by atoms with Crippen molar-refractivity contribution in [3.8, 4) is 0 Å². The van der Waals surface area contributed by atoms with Crippen LogP contribution in [0, 0.1) is 5.92 Å². The summed E-state index contributed by atoms with van der Waals surface area (Å²) in [4.78, 5) is 23.9. The van der Waals surface area contributed by atoms with Gasteiger partial charge in [-0.25, -0.2) is 0 Å². The Morgan fingerprint density at radius 3 is 2.65 bits per heavy atom. The average molecular weight is 312 g/mol. The van der Waals surface area contributed by atoms with E-state index in [9.17, 15) is 9.59 Å². The second-order valence-corrected chi connectivity index (χ2v) is 6.69. The topological polar surface area (TPSA) is 65.1 Å². The molecular formula is C19H24N2O2. The van der Waals surface area contributed by atoms with Crippen molar-refractivity contribution >= 4 is 23.1 Å². The third kappa shape index (κ3) is 2.90. The van der Waals surface area contributed by atoms with E-state index in [4.69, 9.17) is 5.73 Å². The molecule has 1 unspecified atom stereocenters. The molecule has 4 nitrogen and oxygen atoms in total. The van der Waals surface area contributed by atoms with E-state index in [1.807, 2.05) is 35.9 Å². The molecule has 1 atom stereocenters. The first kappa shape index (κ1) is 15.8. The number of para-hydroxylation sites is 1. The number of rotatable bonds is 5. The van der Waals surface area contributed by atoms with Crippen molar-refractivity contribution in [2.24, 2.45) is 18.7 Å². The van der Waals surface area contributed by atoms with Crippen LogP contribution in [0.2, 0.25) is 0 Å². The third-order valence-electron chi connectivity index (χ3n) is 5.23. The molecule has 122 valence electrons. The lowest BCUT2D eigenvalue weighted by Gasteiger charge is -2.24. The molecule has 1 fully saturated rings. The molecule has 1 aromatic heterocycles. The van der Waals surface area contributed by atoms with E-state index in [0.717, 1.165) is 29.2 Å². The molecule has 0 radical (unpaired) electrons. The fourth-order valence-corrected chi connectivity index (χ4v) is 4.12. The lowest BCUT2D eigenvalue weighted by atomic mass is 9.80. The largest absolute Gasteiger partial charge is 0.364 e. The second-order valence-electron chi connectivity index (χ2n) is 6.69. The van der Waals surface area contributed by atoms with Crippen molar-refractivity contribution in [1.82, 2.24) is 4.57 Å². The van der Waals surface area contributed by atoms with Gasteiger partial charge in [-0.1, -0.05) is 50.3 Å². The van der Waals surface area contributed by atoms with Gasteiger partial charge in [0.05, 0.1) is 0 Å². The zero-order valence-corrected chi connectivity index (χ0v) is 13.6. The SMILES string of the molecule is Cn1c(C(N)=O)c(C(C=O)CC2CCCCC2)c2ccccc21. The highest BCUT2D eigenvalue weighted by molar-refractivity contribution is 6.02. The summed E-state index contributed by atoms with van der Waals surface area (Å²) in [5.74, 6) is -0.153. The van der Waals surface area contributed by atoms with Gasteiger partial charge in [-0.15, -0.1) is 0 Å². The van der Waals surface area contributed by atoms with Crippen LogP contribution in [-0.4, -0.2) is 16.8 Å². The summed E-state index contributed by atoms with van der Waals surface area (Å²) in [6.07, 6.45) is 7.97. The molecular weight excluding hydrogens is 288 g/mol. The highest BCUT2D eigenvalue weighted by Crippen LogP contribution is 2.37. The molecule has 2 N–H and O–H groups in total. The number of primary amides is 1. The predicted octanol–water partition coefficient (Wildman–Crippen LogP) is 3.53. The molecule has 0 saturated heterocycles. The van der Waals surface area contributed by atoms with Gasteiger partial charge in [0, 0.05) is 29.4 Å². The molecule has 1 heterocycles. The summed E-state index contributed by atoms with van der Waals surface area (Å²) in [5.41, 5.74) is 7.87.